The van der Waals surface area contributed by atoms with Crippen molar-refractivity contribution < 1.29 is 18.2 Å². The van der Waals surface area contributed by atoms with Crippen LogP contribution in [0.1, 0.15) is 16.3 Å². The Morgan fingerprint density at radius 2 is 2.18 bits per heavy atom. The first-order valence-electron chi connectivity index (χ1n) is 6.60. The number of ether oxygens (including phenoxy) is 1. The van der Waals surface area contributed by atoms with Crippen LogP contribution in [0.4, 0.5) is 0 Å². The third-order valence-corrected chi connectivity index (χ3v) is 4.37. The van der Waals surface area contributed by atoms with Gasteiger partial charge in [0.2, 0.25) is 0 Å². The number of nitrogens with one attached hydrogen (secondary N) is 1. The Bertz CT molecular complexity index is 671. The van der Waals surface area contributed by atoms with Gasteiger partial charge in [0.15, 0.2) is 5.76 Å². The van der Waals surface area contributed by atoms with Gasteiger partial charge >= 0.3 is 0 Å². The summed E-state index contributed by atoms with van der Waals surface area (Å²) in [6.45, 7) is 0.831. The maximum Gasteiger partial charge on any atom is 0.287 e. The zero-order chi connectivity index (χ0) is 15.9. The molecule has 7 heteroatoms. The zero-order valence-electron chi connectivity index (χ0n) is 12.0. The number of benzene rings is 1. The van der Waals surface area contributed by atoms with Crippen LogP contribution in [0.5, 0.6) is 0 Å². The molecule has 0 aliphatic heterocycles. The molecule has 0 spiro atoms. The molecule has 0 saturated heterocycles. The smallest absolute Gasteiger partial charge is 0.287 e. The van der Waals surface area contributed by atoms with Crippen molar-refractivity contribution in [3.8, 4) is 0 Å². The summed E-state index contributed by atoms with van der Waals surface area (Å²) in [5.74, 6) is 0.535. The molecule has 2 rings (SSSR count). The minimum atomic E-state index is -1.28. The number of rotatable bonds is 7. The van der Waals surface area contributed by atoms with Gasteiger partial charge in [-0.1, -0.05) is 17.7 Å². The van der Waals surface area contributed by atoms with Crippen molar-refractivity contribution in [3.63, 3.8) is 0 Å². The first-order chi connectivity index (χ1) is 10.6. The highest BCUT2D eigenvalue weighted by Crippen LogP contribution is 2.18. The highest BCUT2D eigenvalue weighted by atomic mass is 35.5. The van der Waals surface area contributed by atoms with Crippen LogP contribution in [-0.2, 0) is 21.3 Å². The molecule has 0 radical (unpaired) electrons. The summed E-state index contributed by atoms with van der Waals surface area (Å²) in [5.41, 5.74) is 0. The highest BCUT2D eigenvalue weighted by Gasteiger charge is 2.13. The first kappa shape index (κ1) is 16.7. The Morgan fingerprint density at radius 3 is 2.91 bits per heavy atom. The molecular formula is C15H16ClNO4S. The molecule has 1 atom stereocenters. The van der Waals surface area contributed by atoms with Crippen LogP contribution >= 0.6 is 11.6 Å². The van der Waals surface area contributed by atoms with Crippen molar-refractivity contribution in [2.24, 2.45) is 0 Å². The molecule has 0 saturated carbocycles. The fourth-order valence-electron chi connectivity index (χ4n) is 1.75. The summed E-state index contributed by atoms with van der Waals surface area (Å²) in [5, 5.41) is 3.19. The number of methoxy groups -OCH3 is 1. The molecule has 22 heavy (non-hydrogen) atoms. The summed E-state index contributed by atoms with van der Waals surface area (Å²) >= 11 is 5.88. The number of hydrogen-bond acceptors (Lipinski definition) is 4. The summed E-state index contributed by atoms with van der Waals surface area (Å²) in [7, 11) is 0.277. The van der Waals surface area contributed by atoms with Crippen LogP contribution < -0.4 is 5.32 Å². The van der Waals surface area contributed by atoms with Crippen LogP contribution in [0.2, 0.25) is 5.02 Å². The molecule has 1 unspecified atom stereocenters. The lowest BCUT2D eigenvalue weighted by Crippen LogP contribution is -2.26. The number of carbonyl (C=O) groups excluding carboxylic acids is 1. The van der Waals surface area contributed by atoms with Gasteiger partial charge in [-0.15, -0.1) is 0 Å². The Balaban J connectivity index is 1.97. The fourth-order valence-corrected chi connectivity index (χ4v) is 3.08. The molecule has 0 aliphatic carbocycles. The Morgan fingerprint density at radius 1 is 1.36 bits per heavy atom. The minimum Gasteiger partial charge on any atom is -0.455 e. The van der Waals surface area contributed by atoms with E-state index >= 15 is 0 Å². The molecule has 5 nitrogen and oxygen atoms in total. The number of furan rings is 1. The molecule has 1 aromatic carbocycles. The predicted molar refractivity (Wildman–Crippen MR) is 84.5 cm³/mol. The van der Waals surface area contributed by atoms with E-state index in [0.717, 1.165) is 0 Å². The highest BCUT2D eigenvalue weighted by molar-refractivity contribution is 7.84. The van der Waals surface area contributed by atoms with E-state index in [1.54, 1.807) is 43.5 Å². The molecule has 1 aromatic heterocycles. The second-order valence-electron chi connectivity index (χ2n) is 4.46. The van der Waals surface area contributed by atoms with E-state index in [1.165, 1.54) is 0 Å². The van der Waals surface area contributed by atoms with Crippen molar-refractivity contribution >= 4 is 28.3 Å². The normalized spacial score (nSPS) is 12.1. The van der Waals surface area contributed by atoms with Crippen molar-refractivity contribution in [1.29, 1.82) is 0 Å². The largest absolute Gasteiger partial charge is 0.455 e. The van der Waals surface area contributed by atoms with Gasteiger partial charge in [-0.25, -0.2) is 0 Å². The van der Waals surface area contributed by atoms with Crippen molar-refractivity contribution in [1.82, 2.24) is 5.32 Å². The van der Waals surface area contributed by atoms with Crippen molar-refractivity contribution in [2.75, 3.05) is 20.3 Å². The van der Waals surface area contributed by atoms with Gasteiger partial charge < -0.3 is 14.5 Å². The van der Waals surface area contributed by atoms with Crippen LogP contribution in [0, 0.1) is 0 Å². The maximum absolute atomic E-state index is 12.2. The molecule has 0 aliphatic rings. The van der Waals surface area contributed by atoms with Gasteiger partial charge in [-0.3, -0.25) is 9.00 Å². The standard InChI is InChI=1S/C15H16ClNO4S/c1-20-8-7-17-15(18)14-6-5-12(21-14)10-22(19)13-4-2-3-11(16)9-13/h2-6,9H,7-8,10H2,1H3,(H,17,18). The van der Waals surface area contributed by atoms with Crippen molar-refractivity contribution in [2.45, 2.75) is 10.6 Å². The molecule has 2 aromatic rings. The van der Waals surface area contributed by atoms with Crippen LogP contribution in [0.3, 0.4) is 0 Å². The molecule has 1 heterocycles. The lowest BCUT2D eigenvalue weighted by Gasteiger charge is -2.02. The third-order valence-electron chi connectivity index (χ3n) is 2.81. The van der Waals surface area contributed by atoms with Gasteiger partial charge in [-0.2, -0.15) is 0 Å². The minimum absolute atomic E-state index is 0.186. The number of amides is 1. The summed E-state index contributed by atoms with van der Waals surface area (Å²) < 4.78 is 22.5. The fraction of sp³-hybridized carbons (Fsp3) is 0.267. The lowest BCUT2D eigenvalue weighted by atomic mass is 10.4. The maximum atomic E-state index is 12.2. The van der Waals surface area contributed by atoms with E-state index in [4.69, 9.17) is 20.8 Å². The monoisotopic (exact) mass is 341 g/mol. The average Bonchev–Trinajstić information content (AvgIpc) is 2.96. The van der Waals surface area contributed by atoms with Gasteiger partial charge in [0, 0.05) is 23.6 Å². The van der Waals surface area contributed by atoms with E-state index < -0.39 is 10.8 Å². The third kappa shape index (κ3) is 4.69. The Labute approximate surface area is 136 Å². The van der Waals surface area contributed by atoms with E-state index in [2.05, 4.69) is 5.32 Å². The Kier molecular flexibility index (Phi) is 6.18. The summed E-state index contributed by atoms with van der Waals surface area (Å²) in [6, 6.07) is 10.1. The quantitative estimate of drug-likeness (QED) is 0.786. The van der Waals surface area contributed by atoms with E-state index in [-0.39, 0.29) is 17.4 Å². The van der Waals surface area contributed by atoms with Gasteiger partial charge in [0.1, 0.15) is 5.76 Å². The topological polar surface area (TPSA) is 68.5 Å². The SMILES string of the molecule is COCCNC(=O)c1ccc(CS(=O)c2cccc(Cl)c2)o1. The second kappa shape index (κ2) is 8.12. The van der Waals surface area contributed by atoms with Crippen LogP contribution in [-0.4, -0.2) is 30.4 Å². The van der Waals surface area contributed by atoms with E-state index in [0.29, 0.717) is 28.8 Å². The molecule has 0 fully saturated rings. The van der Waals surface area contributed by atoms with E-state index in [9.17, 15) is 9.00 Å². The van der Waals surface area contributed by atoms with Gasteiger partial charge in [0.05, 0.1) is 23.2 Å². The average molecular weight is 342 g/mol. The second-order valence-corrected chi connectivity index (χ2v) is 6.35. The Hall–Kier alpha value is -1.63. The summed E-state index contributed by atoms with van der Waals surface area (Å²) in [4.78, 5) is 12.4. The molecule has 0 bridgehead atoms. The van der Waals surface area contributed by atoms with E-state index in [1.807, 2.05) is 0 Å². The first-order valence-corrected chi connectivity index (χ1v) is 8.29. The number of carbonyl (C=O) groups is 1. The molecule has 118 valence electrons. The molecular weight excluding hydrogens is 326 g/mol. The molecule has 1 amide bonds. The predicted octanol–water partition coefficient (Wildman–Crippen LogP) is 2.62. The molecule has 1 N–H and O–H groups in total. The van der Waals surface area contributed by atoms with Crippen molar-refractivity contribution in [3.05, 3.63) is 52.9 Å². The summed E-state index contributed by atoms with van der Waals surface area (Å²) in [6.07, 6.45) is 0. The zero-order valence-corrected chi connectivity index (χ0v) is 13.6. The number of hydrogen-bond donors (Lipinski definition) is 1. The van der Waals surface area contributed by atoms with Gasteiger partial charge in [0.25, 0.3) is 5.91 Å². The number of halogens is 1. The van der Waals surface area contributed by atoms with Gasteiger partial charge in [-0.05, 0) is 30.3 Å². The lowest BCUT2D eigenvalue weighted by molar-refractivity contribution is 0.0908. The van der Waals surface area contributed by atoms with Crippen LogP contribution in [0.25, 0.3) is 0 Å². The van der Waals surface area contributed by atoms with Crippen LogP contribution in [0.15, 0.2) is 45.7 Å².